The Hall–Kier alpha value is -1.84. The first-order chi connectivity index (χ1) is 9.48. The number of hydrogen-bond donors (Lipinski definition) is 0. The molecule has 1 aromatic carbocycles. The van der Waals surface area contributed by atoms with E-state index in [0.29, 0.717) is 17.4 Å². The van der Waals surface area contributed by atoms with Gasteiger partial charge in [-0.2, -0.15) is 13.2 Å². The van der Waals surface area contributed by atoms with Gasteiger partial charge in [0, 0.05) is 12.4 Å². The van der Waals surface area contributed by atoms with Crippen LogP contribution in [-0.2, 0) is 6.18 Å². The first kappa shape index (κ1) is 13.2. The average Bonchev–Trinajstić information content (AvgIpc) is 3.10. The van der Waals surface area contributed by atoms with E-state index >= 15 is 0 Å². The van der Waals surface area contributed by atoms with Crippen LogP contribution in [0.2, 0.25) is 0 Å². The Balaban J connectivity index is 1.88. The molecule has 0 N–H and O–H groups in total. The number of halogens is 3. The van der Waals surface area contributed by atoms with Crippen LogP contribution < -0.4 is 0 Å². The topological polar surface area (TPSA) is 12.9 Å². The van der Waals surface area contributed by atoms with Gasteiger partial charge in [-0.15, -0.1) is 0 Å². The third-order valence-electron chi connectivity index (χ3n) is 4.04. The predicted octanol–water partition coefficient (Wildman–Crippen LogP) is 4.62. The van der Waals surface area contributed by atoms with Crippen molar-refractivity contribution in [2.24, 2.45) is 5.92 Å². The fourth-order valence-corrected chi connectivity index (χ4v) is 2.95. The van der Waals surface area contributed by atoms with Crippen LogP contribution in [-0.4, -0.2) is 4.98 Å². The van der Waals surface area contributed by atoms with Crippen molar-refractivity contribution < 1.29 is 13.2 Å². The van der Waals surface area contributed by atoms with Gasteiger partial charge >= 0.3 is 6.18 Å². The van der Waals surface area contributed by atoms with Crippen molar-refractivity contribution in [3.63, 3.8) is 0 Å². The molecule has 1 fully saturated rings. The van der Waals surface area contributed by atoms with Crippen molar-refractivity contribution in [2.75, 3.05) is 0 Å². The molecule has 4 heteroatoms. The van der Waals surface area contributed by atoms with E-state index in [1.54, 1.807) is 6.20 Å². The van der Waals surface area contributed by atoms with Crippen LogP contribution in [0.1, 0.15) is 35.4 Å². The van der Waals surface area contributed by atoms with Crippen LogP contribution in [0.15, 0.2) is 48.8 Å². The summed E-state index contributed by atoms with van der Waals surface area (Å²) in [6, 6.07) is 11.2. The largest absolute Gasteiger partial charge is 0.417 e. The highest BCUT2D eigenvalue weighted by molar-refractivity contribution is 5.39. The first-order valence-corrected chi connectivity index (χ1v) is 6.55. The van der Waals surface area contributed by atoms with Crippen molar-refractivity contribution in [3.05, 3.63) is 65.5 Å². The maximum Gasteiger partial charge on any atom is 0.417 e. The number of rotatable bonds is 2. The molecule has 1 aliphatic carbocycles. The molecular formula is C16H14F3N. The van der Waals surface area contributed by atoms with Crippen LogP contribution in [0.3, 0.4) is 0 Å². The first-order valence-electron chi connectivity index (χ1n) is 6.55. The maximum absolute atomic E-state index is 12.7. The molecule has 3 rings (SSSR count). The van der Waals surface area contributed by atoms with Gasteiger partial charge in [0.25, 0.3) is 0 Å². The molecule has 104 valence electrons. The summed E-state index contributed by atoms with van der Waals surface area (Å²) in [5.41, 5.74) is 1.20. The minimum absolute atomic E-state index is 0.132. The van der Waals surface area contributed by atoms with E-state index in [1.165, 1.54) is 11.6 Å². The molecule has 0 spiro atoms. The zero-order valence-electron chi connectivity index (χ0n) is 10.9. The summed E-state index contributed by atoms with van der Waals surface area (Å²) in [5, 5.41) is 0. The van der Waals surface area contributed by atoms with Crippen LogP contribution >= 0.6 is 0 Å². The minimum atomic E-state index is -4.33. The molecule has 1 nitrogen and oxygen atoms in total. The standard InChI is InChI=1S/C16H14F3N/c1-10-14(11-5-3-2-4-6-11)15(10)12-7-13(9-20-8-12)16(17,18)19/h2-10,14-15H,1H3/t10-,14-,15-/m1/s1. The maximum atomic E-state index is 12.7. The number of pyridine rings is 1. The quantitative estimate of drug-likeness (QED) is 0.780. The van der Waals surface area contributed by atoms with Gasteiger partial charge in [-0.1, -0.05) is 37.3 Å². The predicted molar refractivity (Wildman–Crippen MR) is 70.3 cm³/mol. The molecule has 0 aliphatic heterocycles. The Bertz CT molecular complexity index is 607. The van der Waals surface area contributed by atoms with Crippen molar-refractivity contribution in [1.82, 2.24) is 4.98 Å². The minimum Gasteiger partial charge on any atom is -0.264 e. The van der Waals surface area contributed by atoms with E-state index in [1.807, 2.05) is 30.3 Å². The van der Waals surface area contributed by atoms with E-state index in [0.717, 1.165) is 6.20 Å². The van der Waals surface area contributed by atoms with Crippen molar-refractivity contribution >= 4 is 0 Å². The van der Waals surface area contributed by atoms with Crippen LogP contribution in [0.25, 0.3) is 0 Å². The Morgan fingerprint density at radius 2 is 1.60 bits per heavy atom. The van der Waals surface area contributed by atoms with Gasteiger partial charge in [0.1, 0.15) is 0 Å². The third kappa shape index (κ3) is 2.30. The van der Waals surface area contributed by atoms with E-state index in [-0.39, 0.29) is 5.92 Å². The molecule has 2 aromatic rings. The molecule has 1 saturated carbocycles. The lowest BCUT2D eigenvalue weighted by Crippen LogP contribution is -2.06. The van der Waals surface area contributed by atoms with Crippen LogP contribution in [0, 0.1) is 5.92 Å². The van der Waals surface area contributed by atoms with Crippen molar-refractivity contribution in [1.29, 1.82) is 0 Å². The second-order valence-electron chi connectivity index (χ2n) is 5.33. The van der Waals surface area contributed by atoms with E-state index in [2.05, 4.69) is 11.9 Å². The molecule has 1 heterocycles. The van der Waals surface area contributed by atoms with E-state index in [4.69, 9.17) is 0 Å². The summed E-state index contributed by atoms with van der Waals surface area (Å²) in [4.78, 5) is 3.75. The second-order valence-corrected chi connectivity index (χ2v) is 5.33. The Labute approximate surface area is 115 Å². The number of alkyl halides is 3. The average molecular weight is 277 g/mol. The Morgan fingerprint density at radius 1 is 0.950 bits per heavy atom. The molecule has 20 heavy (non-hydrogen) atoms. The molecule has 0 radical (unpaired) electrons. The SMILES string of the molecule is C[C@@H]1[C@H](c2ccccc2)[C@H]1c1cncc(C(F)(F)F)c1. The second kappa shape index (κ2) is 4.62. The highest BCUT2D eigenvalue weighted by Gasteiger charge is 2.48. The summed E-state index contributed by atoms with van der Waals surface area (Å²) in [6.45, 7) is 2.07. The summed E-state index contributed by atoms with van der Waals surface area (Å²) in [7, 11) is 0. The van der Waals surface area contributed by atoms with E-state index in [9.17, 15) is 13.2 Å². The zero-order valence-corrected chi connectivity index (χ0v) is 10.9. The van der Waals surface area contributed by atoms with Gasteiger partial charge in [-0.3, -0.25) is 4.98 Å². The number of nitrogens with zero attached hydrogens (tertiary/aromatic N) is 1. The fraction of sp³-hybridized carbons (Fsp3) is 0.312. The summed E-state index contributed by atoms with van der Waals surface area (Å²) < 4.78 is 38.2. The summed E-state index contributed by atoms with van der Waals surface area (Å²) in [6.07, 6.45) is -1.89. The molecule has 0 unspecified atom stereocenters. The fourth-order valence-electron chi connectivity index (χ4n) is 2.95. The van der Waals surface area contributed by atoms with Gasteiger partial charge in [0.2, 0.25) is 0 Å². The smallest absolute Gasteiger partial charge is 0.264 e. The van der Waals surface area contributed by atoms with Crippen LogP contribution in [0.5, 0.6) is 0 Å². The Kier molecular flexibility index (Phi) is 3.04. The zero-order chi connectivity index (χ0) is 14.3. The van der Waals surface area contributed by atoms with Gasteiger partial charge < -0.3 is 0 Å². The molecule has 0 bridgehead atoms. The van der Waals surface area contributed by atoms with E-state index < -0.39 is 11.7 Å². The lowest BCUT2D eigenvalue weighted by atomic mass is 10.0. The molecule has 0 saturated heterocycles. The highest BCUT2D eigenvalue weighted by atomic mass is 19.4. The van der Waals surface area contributed by atoms with Gasteiger partial charge in [-0.05, 0) is 34.9 Å². The van der Waals surface area contributed by atoms with Gasteiger partial charge in [-0.25, -0.2) is 0 Å². The molecule has 1 aromatic heterocycles. The summed E-state index contributed by atoms with van der Waals surface area (Å²) in [5.74, 6) is 0.774. The Morgan fingerprint density at radius 3 is 2.25 bits per heavy atom. The molecule has 0 amide bonds. The van der Waals surface area contributed by atoms with Crippen molar-refractivity contribution in [2.45, 2.75) is 24.9 Å². The lowest BCUT2D eigenvalue weighted by Gasteiger charge is -2.08. The summed E-state index contributed by atoms with van der Waals surface area (Å²) >= 11 is 0. The lowest BCUT2D eigenvalue weighted by molar-refractivity contribution is -0.137. The van der Waals surface area contributed by atoms with Gasteiger partial charge in [0.15, 0.2) is 0 Å². The normalized spacial score (nSPS) is 25.5. The van der Waals surface area contributed by atoms with Crippen molar-refractivity contribution in [3.8, 4) is 0 Å². The third-order valence-corrected chi connectivity index (χ3v) is 4.04. The highest BCUT2D eigenvalue weighted by Crippen LogP contribution is 2.60. The number of aromatic nitrogens is 1. The number of benzene rings is 1. The molecule has 3 atom stereocenters. The van der Waals surface area contributed by atoms with Crippen LogP contribution in [0.4, 0.5) is 13.2 Å². The molecular weight excluding hydrogens is 263 g/mol. The van der Waals surface area contributed by atoms with Gasteiger partial charge in [0.05, 0.1) is 5.56 Å². The number of hydrogen-bond acceptors (Lipinski definition) is 1. The monoisotopic (exact) mass is 277 g/mol. The molecule has 1 aliphatic rings.